The SMILES string of the molecule is N#CCc1c2ccccc2nn1-c1ccccc1. The van der Waals surface area contributed by atoms with E-state index in [-0.39, 0.29) is 0 Å². The van der Waals surface area contributed by atoms with Crippen LogP contribution in [0.5, 0.6) is 0 Å². The maximum absolute atomic E-state index is 8.98. The van der Waals surface area contributed by atoms with Crippen LogP contribution in [0.4, 0.5) is 0 Å². The number of hydrogen-bond acceptors (Lipinski definition) is 2. The van der Waals surface area contributed by atoms with Crippen LogP contribution in [0.1, 0.15) is 5.69 Å². The topological polar surface area (TPSA) is 41.6 Å². The molecule has 0 aliphatic heterocycles. The lowest BCUT2D eigenvalue weighted by Crippen LogP contribution is -2.01. The van der Waals surface area contributed by atoms with E-state index in [0.717, 1.165) is 22.3 Å². The molecule has 3 heteroatoms. The Hall–Kier alpha value is -2.60. The third-order valence-electron chi connectivity index (χ3n) is 2.93. The van der Waals surface area contributed by atoms with Gasteiger partial charge in [0, 0.05) is 5.39 Å². The van der Waals surface area contributed by atoms with Crippen molar-refractivity contribution < 1.29 is 0 Å². The van der Waals surface area contributed by atoms with E-state index in [9.17, 15) is 0 Å². The molecule has 0 spiro atoms. The van der Waals surface area contributed by atoms with Crippen LogP contribution in [0.15, 0.2) is 54.6 Å². The number of fused-ring (bicyclic) bond motifs is 1. The summed E-state index contributed by atoms with van der Waals surface area (Å²) in [5.41, 5.74) is 2.85. The van der Waals surface area contributed by atoms with E-state index in [1.54, 1.807) is 0 Å². The number of nitrogens with zero attached hydrogens (tertiary/aromatic N) is 3. The fraction of sp³-hybridized carbons (Fsp3) is 0.0667. The van der Waals surface area contributed by atoms with Gasteiger partial charge in [-0.15, -0.1) is 0 Å². The average molecular weight is 233 g/mol. The molecular formula is C15H11N3. The van der Waals surface area contributed by atoms with Gasteiger partial charge < -0.3 is 0 Å². The van der Waals surface area contributed by atoms with Gasteiger partial charge in [-0.3, -0.25) is 0 Å². The first-order valence-corrected chi connectivity index (χ1v) is 5.79. The first-order chi connectivity index (χ1) is 8.90. The summed E-state index contributed by atoms with van der Waals surface area (Å²) in [6, 6.07) is 20.0. The molecule has 0 unspecified atom stereocenters. The zero-order valence-corrected chi connectivity index (χ0v) is 9.74. The summed E-state index contributed by atoms with van der Waals surface area (Å²) in [5, 5.41) is 14.6. The predicted molar refractivity (Wildman–Crippen MR) is 70.4 cm³/mol. The van der Waals surface area contributed by atoms with Crippen molar-refractivity contribution in [3.63, 3.8) is 0 Å². The molecule has 0 atom stereocenters. The van der Waals surface area contributed by atoms with Crippen molar-refractivity contribution in [3.8, 4) is 11.8 Å². The fourth-order valence-corrected chi connectivity index (χ4v) is 2.11. The Morgan fingerprint density at radius 2 is 1.72 bits per heavy atom. The minimum absolute atomic E-state index is 0.357. The zero-order chi connectivity index (χ0) is 12.4. The third kappa shape index (κ3) is 1.64. The monoisotopic (exact) mass is 233 g/mol. The van der Waals surface area contributed by atoms with Crippen LogP contribution in [0.25, 0.3) is 16.6 Å². The second kappa shape index (κ2) is 4.34. The Bertz CT molecular complexity index is 720. The Morgan fingerprint density at radius 3 is 2.50 bits per heavy atom. The second-order valence-corrected chi connectivity index (χ2v) is 4.05. The van der Waals surface area contributed by atoms with Gasteiger partial charge in [-0.05, 0) is 18.2 Å². The smallest absolute Gasteiger partial charge is 0.0931 e. The second-order valence-electron chi connectivity index (χ2n) is 4.05. The molecular weight excluding hydrogens is 222 g/mol. The van der Waals surface area contributed by atoms with Crippen molar-refractivity contribution in [1.29, 1.82) is 5.26 Å². The highest BCUT2D eigenvalue weighted by atomic mass is 15.3. The van der Waals surface area contributed by atoms with Crippen molar-refractivity contribution in [2.75, 3.05) is 0 Å². The minimum atomic E-state index is 0.357. The highest BCUT2D eigenvalue weighted by molar-refractivity contribution is 5.82. The lowest BCUT2D eigenvalue weighted by Gasteiger charge is -2.04. The summed E-state index contributed by atoms with van der Waals surface area (Å²) < 4.78 is 1.86. The van der Waals surface area contributed by atoms with E-state index in [2.05, 4.69) is 11.2 Å². The summed E-state index contributed by atoms with van der Waals surface area (Å²) in [6.45, 7) is 0. The lowest BCUT2D eigenvalue weighted by atomic mass is 10.2. The molecule has 0 amide bonds. The molecule has 1 heterocycles. The fourth-order valence-electron chi connectivity index (χ4n) is 2.11. The van der Waals surface area contributed by atoms with E-state index in [1.807, 2.05) is 59.3 Å². The highest BCUT2D eigenvalue weighted by Crippen LogP contribution is 2.21. The maximum Gasteiger partial charge on any atom is 0.0931 e. The van der Waals surface area contributed by atoms with Crippen LogP contribution in [0.2, 0.25) is 0 Å². The summed E-state index contributed by atoms with van der Waals surface area (Å²) in [7, 11) is 0. The van der Waals surface area contributed by atoms with E-state index in [4.69, 9.17) is 5.26 Å². The molecule has 0 N–H and O–H groups in total. The third-order valence-corrected chi connectivity index (χ3v) is 2.93. The molecule has 18 heavy (non-hydrogen) atoms. The highest BCUT2D eigenvalue weighted by Gasteiger charge is 2.11. The first-order valence-electron chi connectivity index (χ1n) is 5.79. The van der Waals surface area contributed by atoms with Gasteiger partial charge >= 0.3 is 0 Å². The molecule has 3 aromatic rings. The molecule has 1 aromatic heterocycles. The van der Waals surface area contributed by atoms with Crippen molar-refractivity contribution in [1.82, 2.24) is 9.78 Å². The van der Waals surface area contributed by atoms with Gasteiger partial charge in [0.1, 0.15) is 0 Å². The summed E-state index contributed by atoms with van der Waals surface area (Å²) >= 11 is 0. The van der Waals surface area contributed by atoms with E-state index in [1.165, 1.54) is 0 Å². The van der Waals surface area contributed by atoms with Gasteiger partial charge in [0.25, 0.3) is 0 Å². The minimum Gasteiger partial charge on any atom is -0.236 e. The Kier molecular flexibility index (Phi) is 2.54. The standard InChI is InChI=1S/C15H11N3/c16-11-10-15-13-8-4-5-9-14(13)17-18(15)12-6-2-1-3-7-12/h1-9H,10H2. The first kappa shape index (κ1) is 10.5. The van der Waals surface area contributed by atoms with Gasteiger partial charge in [0.2, 0.25) is 0 Å². The van der Waals surface area contributed by atoms with Gasteiger partial charge in [0.15, 0.2) is 0 Å². The summed E-state index contributed by atoms with van der Waals surface area (Å²) in [4.78, 5) is 0. The van der Waals surface area contributed by atoms with Crippen LogP contribution >= 0.6 is 0 Å². The van der Waals surface area contributed by atoms with Crippen LogP contribution in [0, 0.1) is 11.3 Å². The van der Waals surface area contributed by atoms with Gasteiger partial charge in [-0.2, -0.15) is 10.4 Å². The van der Waals surface area contributed by atoms with Crippen LogP contribution in [0.3, 0.4) is 0 Å². The van der Waals surface area contributed by atoms with E-state index < -0.39 is 0 Å². The average Bonchev–Trinajstić information content (AvgIpc) is 2.80. The maximum atomic E-state index is 8.98. The van der Waals surface area contributed by atoms with Crippen molar-refractivity contribution in [2.24, 2.45) is 0 Å². The summed E-state index contributed by atoms with van der Waals surface area (Å²) in [5.74, 6) is 0. The summed E-state index contributed by atoms with van der Waals surface area (Å²) in [6.07, 6.45) is 0.357. The number of rotatable bonds is 2. The van der Waals surface area contributed by atoms with Crippen LogP contribution in [-0.4, -0.2) is 9.78 Å². The number of nitriles is 1. The zero-order valence-electron chi connectivity index (χ0n) is 9.74. The normalized spacial score (nSPS) is 10.4. The van der Waals surface area contributed by atoms with E-state index in [0.29, 0.717) is 6.42 Å². The van der Waals surface area contributed by atoms with Gasteiger partial charge in [0.05, 0.1) is 29.4 Å². The van der Waals surface area contributed by atoms with Crippen molar-refractivity contribution >= 4 is 10.9 Å². The molecule has 0 radical (unpaired) electrons. The number of aromatic nitrogens is 2. The Balaban J connectivity index is 2.29. The molecule has 3 nitrogen and oxygen atoms in total. The molecule has 0 aliphatic carbocycles. The Labute approximate surface area is 105 Å². The molecule has 0 bridgehead atoms. The van der Waals surface area contributed by atoms with E-state index >= 15 is 0 Å². The van der Waals surface area contributed by atoms with Crippen molar-refractivity contribution in [3.05, 3.63) is 60.3 Å². The number of benzene rings is 2. The van der Waals surface area contributed by atoms with Gasteiger partial charge in [-0.25, -0.2) is 4.68 Å². The molecule has 2 aromatic carbocycles. The van der Waals surface area contributed by atoms with Crippen LogP contribution < -0.4 is 0 Å². The largest absolute Gasteiger partial charge is 0.236 e. The molecule has 0 aliphatic rings. The molecule has 0 saturated heterocycles. The quantitative estimate of drug-likeness (QED) is 0.682. The molecule has 0 fully saturated rings. The lowest BCUT2D eigenvalue weighted by molar-refractivity contribution is 0.844. The Morgan fingerprint density at radius 1 is 1.00 bits per heavy atom. The predicted octanol–water partition coefficient (Wildman–Crippen LogP) is 3.09. The van der Waals surface area contributed by atoms with Crippen molar-refractivity contribution in [2.45, 2.75) is 6.42 Å². The van der Waals surface area contributed by atoms with Gasteiger partial charge in [-0.1, -0.05) is 36.4 Å². The molecule has 86 valence electrons. The molecule has 0 saturated carbocycles. The molecule has 3 rings (SSSR count). The number of hydrogen-bond donors (Lipinski definition) is 0. The number of para-hydroxylation sites is 1. The van der Waals surface area contributed by atoms with Crippen LogP contribution in [-0.2, 0) is 6.42 Å².